The van der Waals surface area contributed by atoms with E-state index in [1.165, 1.54) is 30.3 Å². The Labute approximate surface area is 226 Å². The van der Waals surface area contributed by atoms with Crippen molar-refractivity contribution in [2.75, 3.05) is 4.31 Å². The van der Waals surface area contributed by atoms with Crippen LogP contribution in [0.2, 0.25) is 18.1 Å². The van der Waals surface area contributed by atoms with Gasteiger partial charge in [-0.25, -0.2) is 17.6 Å². The minimum atomic E-state index is -4.00. The van der Waals surface area contributed by atoms with Gasteiger partial charge in [0.25, 0.3) is 10.0 Å². The molecule has 1 spiro atoms. The molecule has 0 amide bonds. The molecular formula is C29H38FNO5SSi. The summed E-state index contributed by atoms with van der Waals surface area (Å²) in [5.74, 6) is -1.32. The number of hydrogen-bond acceptors (Lipinski definition) is 4. The van der Waals surface area contributed by atoms with Crippen LogP contribution >= 0.6 is 0 Å². The lowest BCUT2D eigenvalue weighted by Gasteiger charge is -2.46. The van der Waals surface area contributed by atoms with Crippen molar-refractivity contribution in [1.29, 1.82) is 0 Å². The van der Waals surface area contributed by atoms with Crippen molar-refractivity contribution in [2.24, 2.45) is 5.92 Å². The van der Waals surface area contributed by atoms with Crippen LogP contribution in [0.3, 0.4) is 0 Å². The predicted molar refractivity (Wildman–Crippen MR) is 148 cm³/mol. The number of anilines is 1. The summed E-state index contributed by atoms with van der Waals surface area (Å²) in [6.07, 6.45) is 5.05. The topological polar surface area (TPSA) is 83.9 Å². The highest BCUT2D eigenvalue weighted by Crippen LogP contribution is 2.60. The molecule has 2 aromatic carbocycles. The molecule has 1 aliphatic heterocycles. The van der Waals surface area contributed by atoms with Gasteiger partial charge in [0.1, 0.15) is 5.82 Å². The standard InChI is InChI=1S/C29H38FNO5SSi/c1-28(2,3)38(4,5)36-22-14-16-29(17-15-22)24-18-20(27(32)33)8-13-25(24)31(26(29)19-6-7-19)37(34,35)23-11-9-21(30)10-12-23/h8-13,18-19,22,26H,6-7,14-17H2,1-5H3,(H,32,33). The van der Waals surface area contributed by atoms with Gasteiger partial charge >= 0.3 is 5.97 Å². The molecule has 2 aromatic rings. The number of nitrogens with zero attached hydrogens (tertiary/aromatic N) is 1. The molecular weight excluding hydrogens is 521 g/mol. The van der Waals surface area contributed by atoms with E-state index in [9.17, 15) is 22.7 Å². The summed E-state index contributed by atoms with van der Waals surface area (Å²) in [6.45, 7) is 11.2. The first-order chi connectivity index (χ1) is 17.7. The molecule has 1 atom stereocenters. The highest BCUT2D eigenvalue weighted by atomic mass is 32.2. The van der Waals surface area contributed by atoms with Crippen molar-refractivity contribution < 1.29 is 27.1 Å². The summed E-state index contributed by atoms with van der Waals surface area (Å²) >= 11 is 0. The van der Waals surface area contributed by atoms with E-state index < -0.39 is 35.5 Å². The summed E-state index contributed by atoms with van der Waals surface area (Å²) in [6, 6.07) is 9.51. The fourth-order valence-corrected chi connectivity index (χ4v) is 9.45. The lowest BCUT2D eigenvalue weighted by atomic mass is 9.64. The predicted octanol–water partition coefficient (Wildman–Crippen LogP) is 6.71. The molecule has 9 heteroatoms. The van der Waals surface area contributed by atoms with Gasteiger partial charge in [-0.1, -0.05) is 20.8 Å². The number of rotatable bonds is 6. The second-order valence-corrected chi connectivity index (χ2v) is 19.4. The molecule has 0 saturated heterocycles. The van der Waals surface area contributed by atoms with Crippen LogP contribution < -0.4 is 4.31 Å². The maximum Gasteiger partial charge on any atom is 0.335 e. The van der Waals surface area contributed by atoms with E-state index in [4.69, 9.17) is 4.43 Å². The van der Waals surface area contributed by atoms with Crippen LogP contribution in [-0.4, -0.2) is 40.0 Å². The first kappa shape index (κ1) is 27.3. The minimum absolute atomic E-state index is 0.0461. The maximum atomic E-state index is 14.1. The van der Waals surface area contributed by atoms with Crippen molar-refractivity contribution >= 4 is 30.0 Å². The number of carboxylic acids is 1. The number of halogens is 1. The van der Waals surface area contributed by atoms with Gasteiger partial charge in [-0.3, -0.25) is 4.31 Å². The Balaban J connectivity index is 1.57. The first-order valence-corrected chi connectivity index (χ1v) is 17.9. The molecule has 1 heterocycles. The number of hydrogen-bond donors (Lipinski definition) is 1. The third kappa shape index (κ3) is 4.50. The van der Waals surface area contributed by atoms with Crippen LogP contribution in [0.1, 0.15) is 75.2 Å². The van der Waals surface area contributed by atoms with Crippen LogP contribution in [-0.2, 0) is 19.9 Å². The third-order valence-corrected chi connectivity index (χ3v) is 15.7. The molecule has 1 unspecified atom stereocenters. The van der Waals surface area contributed by atoms with E-state index in [1.807, 2.05) is 0 Å². The number of benzene rings is 2. The van der Waals surface area contributed by atoms with E-state index >= 15 is 0 Å². The van der Waals surface area contributed by atoms with Crippen molar-refractivity contribution in [1.82, 2.24) is 0 Å². The van der Waals surface area contributed by atoms with Crippen molar-refractivity contribution in [2.45, 2.75) is 99.9 Å². The zero-order valence-electron chi connectivity index (χ0n) is 22.8. The Kier molecular flexibility index (Phi) is 6.59. The smallest absolute Gasteiger partial charge is 0.335 e. The Hall–Kier alpha value is -2.23. The van der Waals surface area contributed by atoms with Crippen molar-refractivity contribution in [3.8, 4) is 0 Å². The van der Waals surface area contributed by atoms with Gasteiger partial charge < -0.3 is 9.53 Å². The Bertz CT molecular complexity index is 1340. The van der Waals surface area contributed by atoms with Crippen LogP contribution in [0.15, 0.2) is 47.4 Å². The molecule has 38 heavy (non-hydrogen) atoms. The Morgan fingerprint density at radius 1 is 1.05 bits per heavy atom. The number of sulfonamides is 1. The van der Waals surface area contributed by atoms with E-state index in [0.29, 0.717) is 5.69 Å². The Morgan fingerprint density at radius 2 is 1.66 bits per heavy atom. The second-order valence-electron chi connectivity index (χ2n) is 12.8. The summed E-state index contributed by atoms with van der Waals surface area (Å²) in [7, 11) is -5.97. The average molecular weight is 560 g/mol. The van der Waals surface area contributed by atoms with Gasteiger partial charge in [-0.15, -0.1) is 0 Å². The van der Waals surface area contributed by atoms with Crippen LogP contribution in [0.25, 0.3) is 0 Å². The average Bonchev–Trinajstić information content (AvgIpc) is 3.63. The zero-order chi connectivity index (χ0) is 27.7. The van der Waals surface area contributed by atoms with Crippen LogP contribution in [0.5, 0.6) is 0 Å². The monoisotopic (exact) mass is 559 g/mol. The fraction of sp³-hybridized carbons (Fsp3) is 0.552. The van der Waals surface area contributed by atoms with E-state index in [0.717, 1.165) is 44.1 Å². The van der Waals surface area contributed by atoms with E-state index in [-0.39, 0.29) is 33.6 Å². The lowest BCUT2D eigenvalue weighted by Crippen LogP contribution is -2.52. The van der Waals surface area contributed by atoms with Gasteiger partial charge in [0.05, 0.1) is 22.2 Å². The van der Waals surface area contributed by atoms with Crippen LogP contribution in [0.4, 0.5) is 10.1 Å². The highest BCUT2D eigenvalue weighted by molar-refractivity contribution is 7.92. The van der Waals surface area contributed by atoms with E-state index in [2.05, 4.69) is 33.9 Å². The largest absolute Gasteiger partial charge is 0.478 e. The maximum absolute atomic E-state index is 14.1. The zero-order valence-corrected chi connectivity index (χ0v) is 24.6. The Morgan fingerprint density at radius 3 is 2.18 bits per heavy atom. The molecule has 2 saturated carbocycles. The summed E-state index contributed by atoms with van der Waals surface area (Å²) in [4.78, 5) is 12.0. The summed E-state index contributed by atoms with van der Waals surface area (Å²) < 4.78 is 50.2. The van der Waals surface area contributed by atoms with Crippen LogP contribution in [0, 0.1) is 11.7 Å². The molecule has 1 N–H and O–H groups in total. The third-order valence-electron chi connectivity index (χ3n) is 9.37. The summed E-state index contributed by atoms with van der Waals surface area (Å²) in [5.41, 5.74) is 1.05. The van der Waals surface area contributed by atoms with Gasteiger partial charge in [0.2, 0.25) is 0 Å². The van der Waals surface area contributed by atoms with Gasteiger partial charge in [0, 0.05) is 11.5 Å². The normalized spacial score (nSPS) is 26.0. The highest BCUT2D eigenvalue weighted by Gasteiger charge is 2.60. The number of fused-ring (bicyclic) bond motifs is 2. The SMILES string of the molecule is CC(C)(C)[Si](C)(C)OC1CCC2(CC1)c1cc(C(=O)O)ccc1N(S(=O)(=O)c1ccc(F)cc1)C2C1CC1. The molecule has 0 aromatic heterocycles. The molecule has 0 bridgehead atoms. The molecule has 0 radical (unpaired) electrons. The minimum Gasteiger partial charge on any atom is -0.478 e. The van der Waals surface area contributed by atoms with E-state index in [1.54, 1.807) is 16.4 Å². The van der Waals surface area contributed by atoms with Crippen molar-refractivity contribution in [3.05, 3.63) is 59.4 Å². The number of carbonyl (C=O) groups is 1. The van der Waals surface area contributed by atoms with Gasteiger partial charge in [-0.2, -0.15) is 0 Å². The van der Waals surface area contributed by atoms with Crippen molar-refractivity contribution in [3.63, 3.8) is 0 Å². The first-order valence-electron chi connectivity index (χ1n) is 13.5. The molecule has 6 nitrogen and oxygen atoms in total. The molecule has 2 fully saturated rings. The molecule has 3 aliphatic rings. The molecule has 5 rings (SSSR count). The fourth-order valence-electron chi connectivity index (χ4n) is 6.23. The number of carboxylic acid groups (broad SMARTS) is 1. The molecule has 2 aliphatic carbocycles. The lowest BCUT2D eigenvalue weighted by molar-refractivity contribution is 0.0695. The quantitative estimate of drug-likeness (QED) is 0.398. The molecule has 206 valence electrons. The summed E-state index contributed by atoms with van der Waals surface area (Å²) in [5, 5.41) is 9.88. The van der Waals surface area contributed by atoms with Gasteiger partial charge in [-0.05, 0) is 111 Å². The number of aromatic carboxylic acids is 1. The second kappa shape index (κ2) is 9.17. The van der Waals surface area contributed by atoms with Gasteiger partial charge in [0.15, 0.2) is 8.32 Å².